The van der Waals surface area contributed by atoms with E-state index in [0.717, 1.165) is 11.5 Å². The molecule has 4 nitrogen and oxygen atoms in total. The van der Waals surface area contributed by atoms with E-state index < -0.39 is 0 Å². The first kappa shape index (κ1) is 16.0. The molecule has 0 spiro atoms. The Morgan fingerprint density at radius 3 is 1.33 bits per heavy atom. The van der Waals surface area contributed by atoms with Crippen LogP contribution in [0.4, 0.5) is 0 Å². The molecule has 0 aliphatic rings. The molecule has 0 N–H and O–H groups in total. The summed E-state index contributed by atoms with van der Waals surface area (Å²) in [6.07, 6.45) is 0. The number of benzene rings is 1. The molecule has 0 saturated heterocycles. The Morgan fingerprint density at radius 2 is 1.13 bits per heavy atom. The molecule has 1 aromatic rings. The summed E-state index contributed by atoms with van der Waals surface area (Å²) in [5.74, 6) is 1.78. The SMILES string of the molecule is CCOc1ccc(OCC)cc1.Cl.N#N. The van der Waals surface area contributed by atoms with Crippen LogP contribution in [-0.4, -0.2) is 13.2 Å². The summed E-state index contributed by atoms with van der Waals surface area (Å²) in [6, 6.07) is 7.64. The standard InChI is InChI=1S/C10H14O2.ClH.N2/c1-3-11-9-5-7-10(8-6-9)12-4-2;;1-2/h5-8H,3-4H2,1-2H3;1H;. The van der Waals surface area contributed by atoms with Crippen LogP contribution in [0.1, 0.15) is 13.8 Å². The predicted molar refractivity (Wildman–Crippen MR) is 59.5 cm³/mol. The van der Waals surface area contributed by atoms with Gasteiger partial charge in [-0.15, -0.1) is 12.4 Å². The van der Waals surface area contributed by atoms with E-state index in [1.807, 2.05) is 38.1 Å². The Bertz CT molecular complexity index is 237. The first-order valence-electron chi connectivity index (χ1n) is 4.42. The molecule has 0 unspecified atom stereocenters. The van der Waals surface area contributed by atoms with Gasteiger partial charge in [-0.25, -0.2) is 0 Å². The third-order valence-electron chi connectivity index (χ3n) is 1.45. The lowest BCUT2D eigenvalue weighted by molar-refractivity contribution is 0.330. The van der Waals surface area contributed by atoms with Crippen LogP contribution >= 0.6 is 12.4 Å². The lowest BCUT2D eigenvalue weighted by atomic mass is 10.3. The first-order chi connectivity index (χ1) is 6.86. The average Bonchev–Trinajstić information content (AvgIpc) is 2.25. The molecule has 0 saturated carbocycles. The molecule has 0 aliphatic heterocycles. The molecule has 0 aromatic heterocycles. The highest BCUT2D eigenvalue weighted by Crippen LogP contribution is 2.17. The van der Waals surface area contributed by atoms with E-state index in [-0.39, 0.29) is 12.4 Å². The van der Waals surface area contributed by atoms with Crippen molar-refractivity contribution in [2.75, 3.05) is 13.2 Å². The zero-order chi connectivity index (χ0) is 10.8. The highest BCUT2D eigenvalue weighted by atomic mass is 35.5. The van der Waals surface area contributed by atoms with Gasteiger partial charge in [0.1, 0.15) is 11.5 Å². The number of rotatable bonds is 4. The number of halogens is 1. The fourth-order valence-electron chi connectivity index (χ4n) is 0.965. The van der Waals surface area contributed by atoms with Gasteiger partial charge in [0.25, 0.3) is 0 Å². The molecular weight excluding hydrogens is 216 g/mol. The summed E-state index contributed by atoms with van der Waals surface area (Å²) in [6.45, 7) is 5.34. The monoisotopic (exact) mass is 230 g/mol. The Hall–Kier alpha value is -1.47. The molecule has 0 atom stereocenters. The normalized spacial score (nSPS) is 7.73. The minimum absolute atomic E-state index is 0. The van der Waals surface area contributed by atoms with Gasteiger partial charge in [-0.3, -0.25) is 0 Å². The summed E-state index contributed by atoms with van der Waals surface area (Å²) in [4.78, 5) is 0. The maximum Gasteiger partial charge on any atom is 0.119 e. The van der Waals surface area contributed by atoms with Crippen molar-refractivity contribution in [3.8, 4) is 11.5 Å². The molecule has 0 radical (unpaired) electrons. The van der Waals surface area contributed by atoms with Crippen molar-refractivity contribution in [1.29, 1.82) is 10.8 Å². The molecule has 1 rings (SSSR count). The van der Waals surface area contributed by atoms with Gasteiger partial charge in [0.2, 0.25) is 0 Å². The van der Waals surface area contributed by atoms with Gasteiger partial charge >= 0.3 is 0 Å². The fraction of sp³-hybridized carbons (Fsp3) is 0.400. The van der Waals surface area contributed by atoms with Crippen LogP contribution in [0.2, 0.25) is 0 Å². The second-order valence-corrected chi connectivity index (χ2v) is 2.34. The zero-order valence-electron chi connectivity index (χ0n) is 8.84. The summed E-state index contributed by atoms with van der Waals surface area (Å²) < 4.78 is 10.6. The lowest BCUT2D eigenvalue weighted by Gasteiger charge is -2.04. The van der Waals surface area contributed by atoms with Crippen molar-refractivity contribution in [2.24, 2.45) is 0 Å². The van der Waals surface area contributed by atoms with Crippen molar-refractivity contribution in [3.05, 3.63) is 24.3 Å². The second-order valence-electron chi connectivity index (χ2n) is 2.34. The molecule has 0 fully saturated rings. The Balaban J connectivity index is 0. The maximum absolute atomic E-state index is 6.00. The van der Waals surface area contributed by atoms with Crippen LogP contribution in [0.3, 0.4) is 0 Å². The number of hydrogen-bond acceptors (Lipinski definition) is 4. The largest absolute Gasteiger partial charge is 0.494 e. The minimum atomic E-state index is 0. The molecule has 0 heterocycles. The van der Waals surface area contributed by atoms with Crippen molar-refractivity contribution >= 4 is 12.4 Å². The summed E-state index contributed by atoms with van der Waals surface area (Å²) in [5.41, 5.74) is 0. The summed E-state index contributed by atoms with van der Waals surface area (Å²) in [5, 5.41) is 12.0. The smallest absolute Gasteiger partial charge is 0.119 e. The average molecular weight is 231 g/mol. The molecular formula is C10H15ClN2O2. The molecule has 0 bridgehead atoms. The van der Waals surface area contributed by atoms with Gasteiger partial charge < -0.3 is 9.47 Å². The van der Waals surface area contributed by atoms with E-state index in [2.05, 4.69) is 0 Å². The lowest BCUT2D eigenvalue weighted by Crippen LogP contribution is -1.93. The first-order valence-corrected chi connectivity index (χ1v) is 4.42. The van der Waals surface area contributed by atoms with Crippen LogP contribution in [-0.2, 0) is 0 Å². The topological polar surface area (TPSA) is 66.0 Å². The van der Waals surface area contributed by atoms with Crippen molar-refractivity contribution in [1.82, 2.24) is 0 Å². The third-order valence-corrected chi connectivity index (χ3v) is 1.45. The summed E-state index contributed by atoms with van der Waals surface area (Å²) in [7, 11) is 0. The quantitative estimate of drug-likeness (QED) is 0.746. The number of hydrogen-bond donors (Lipinski definition) is 0. The van der Waals surface area contributed by atoms with Crippen LogP contribution in [0, 0.1) is 10.8 Å². The van der Waals surface area contributed by atoms with E-state index in [4.69, 9.17) is 20.3 Å². The van der Waals surface area contributed by atoms with Gasteiger partial charge in [-0.1, -0.05) is 0 Å². The van der Waals surface area contributed by atoms with E-state index in [1.165, 1.54) is 0 Å². The molecule has 5 heteroatoms. The molecule has 1 aromatic carbocycles. The molecule has 0 amide bonds. The van der Waals surface area contributed by atoms with Crippen LogP contribution < -0.4 is 9.47 Å². The molecule has 84 valence electrons. The van der Waals surface area contributed by atoms with Gasteiger partial charge in [-0.05, 0) is 38.1 Å². The highest BCUT2D eigenvalue weighted by molar-refractivity contribution is 5.85. The van der Waals surface area contributed by atoms with Crippen LogP contribution in [0.5, 0.6) is 11.5 Å². The van der Waals surface area contributed by atoms with E-state index in [1.54, 1.807) is 0 Å². The van der Waals surface area contributed by atoms with E-state index in [0.29, 0.717) is 13.2 Å². The highest BCUT2D eigenvalue weighted by Gasteiger charge is 1.92. The zero-order valence-corrected chi connectivity index (χ0v) is 9.66. The number of ether oxygens (including phenoxy) is 2. The van der Waals surface area contributed by atoms with Crippen LogP contribution in [0.25, 0.3) is 0 Å². The third kappa shape index (κ3) is 6.58. The van der Waals surface area contributed by atoms with Gasteiger partial charge in [0, 0.05) is 10.8 Å². The van der Waals surface area contributed by atoms with Gasteiger partial charge in [0.15, 0.2) is 0 Å². The predicted octanol–water partition coefficient (Wildman–Crippen LogP) is 2.94. The summed E-state index contributed by atoms with van der Waals surface area (Å²) >= 11 is 0. The van der Waals surface area contributed by atoms with Crippen molar-refractivity contribution in [3.63, 3.8) is 0 Å². The Morgan fingerprint density at radius 1 is 0.867 bits per heavy atom. The van der Waals surface area contributed by atoms with E-state index in [9.17, 15) is 0 Å². The minimum Gasteiger partial charge on any atom is -0.494 e. The maximum atomic E-state index is 6.00. The number of nitrogens with zero attached hydrogens (tertiary/aromatic N) is 2. The Labute approximate surface area is 96.0 Å². The van der Waals surface area contributed by atoms with Gasteiger partial charge in [0.05, 0.1) is 13.2 Å². The molecule has 0 aliphatic carbocycles. The second kappa shape index (κ2) is 10.6. The van der Waals surface area contributed by atoms with Crippen molar-refractivity contribution in [2.45, 2.75) is 13.8 Å². The fourth-order valence-corrected chi connectivity index (χ4v) is 0.965. The molecule has 15 heavy (non-hydrogen) atoms. The van der Waals surface area contributed by atoms with Crippen molar-refractivity contribution < 1.29 is 9.47 Å². The van der Waals surface area contributed by atoms with E-state index >= 15 is 0 Å². The Kier molecular flexibility index (Phi) is 11.3. The van der Waals surface area contributed by atoms with Gasteiger partial charge in [-0.2, -0.15) is 0 Å². The van der Waals surface area contributed by atoms with Crippen LogP contribution in [0.15, 0.2) is 24.3 Å².